The highest BCUT2D eigenvalue weighted by Gasteiger charge is 2.13. The van der Waals surface area contributed by atoms with Crippen LogP contribution in [0.25, 0.3) is 55.0 Å². The third-order valence-electron chi connectivity index (χ3n) is 5.73. The summed E-state index contributed by atoms with van der Waals surface area (Å²) in [6.07, 6.45) is 0. The molecule has 30 heavy (non-hydrogen) atoms. The lowest BCUT2D eigenvalue weighted by atomic mass is 9.91. The summed E-state index contributed by atoms with van der Waals surface area (Å²) in [6.45, 7) is 0. The van der Waals surface area contributed by atoms with Crippen LogP contribution in [0.3, 0.4) is 0 Å². The van der Waals surface area contributed by atoms with Gasteiger partial charge in [-0.2, -0.15) is 0 Å². The molecular formula is C28H17ClO. The maximum atomic E-state index is 6.20. The zero-order chi connectivity index (χ0) is 20.1. The van der Waals surface area contributed by atoms with E-state index in [-0.39, 0.29) is 0 Å². The largest absolute Gasteiger partial charge is 0.456 e. The molecule has 0 unspecified atom stereocenters. The van der Waals surface area contributed by atoms with Crippen molar-refractivity contribution in [3.05, 3.63) is 108 Å². The lowest BCUT2D eigenvalue weighted by Crippen LogP contribution is -1.86. The third kappa shape index (κ3) is 2.71. The second kappa shape index (κ2) is 6.76. The van der Waals surface area contributed by atoms with Crippen LogP contribution in [0.2, 0.25) is 5.02 Å². The van der Waals surface area contributed by atoms with Crippen LogP contribution in [0, 0.1) is 0 Å². The van der Waals surface area contributed by atoms with Crippen molar-refractivity contribution in [2.45, 2.75) is 0 Å². The lowest BCUT2D eigenvalue weighted by Gasteiger charge is -2.12. The summed E-state index contributed by atoms with van der Waals surface area (Å²) in [6, 6.07) is 35.7. The number of hydrogen-bond acceptors (Lipinski definition) is 1. The minimum absolute atomic E-state index is 0.718. The van der Waals surface area contributed by atoms with Gasteiger partial charge in [0.2, 0.25) is 0 Å². The minimum atomic E-state index is 0.718. The van der Waals surface area contributed by atoms with E-state index in [1.165, 1.54) is 27.5 Å². The fourth-order valence-corrected chi connectivity index (χ4v) is 4.53. The predicted molar refractivity (Wildman–Crippen MR) is 127 cm³/mol. The summed E-state index contributed by atoms with van der Waals surface area (Å²) in [5.74, 6) is 0. The number of furan rings is 1. The van der Waals surface area contributed by atoms with E-state index in [0.29, 0.717) is 0 Å². The Hall–Kier alpha value is -3.55. The molecule has 0 spiro atoms. The van der Waals surface area contributed by atoms with Crippen LogP contribution >= 0.6 is 11.6 Å². The summed E-state index contributed by atoms with van der Waals surface area (Å²) < 4.78 is 6.14. The van der Waals surface area contributed by atoms with E-state index in [1.807, 2.05) is 18.2 Å². The Balaban J connectivity index is 1.63. The number of benzene rings is 5. The van der Waals surface area contributed by atoms with Gasteiger partial charge < -0.3 is 4.42 Å². The molecule has 0 saturated heterocycles. The van der Waals surface area contributed by atoms with Crippen LogP contribution in [-0.4, -0.2) is 0 Å². The van der Waals surface area contributed by atoms with Crippen LogP contribution in [0.5, 0.6) is 0 Å². The van der Waals surface area contributed by atoms with E-state index in [2.05, 4.69) is 84.9 Å². The maximum absolute atomic E-state index is 6.20. The van der Waals surface area contributed by atoms with Gasteiger partial charge in [-0.25, -0.2) is 0 Å². The van der Waals surface area contributed by atoms with Crippen molar-refractivity contribution in [1.29, 1.82) is 0 Å². The molecule has 1 aromatic heterocycles. The van der Waals surface area contributed by atoms with Crippen LogP contribution in [0.1, 0.15) is 0 Å². The predicted octanol–water partition coefficient (Wildman–Crippen LogP) is 8.73. The van der Waals surface area contributed by atoms with E-state index in [0.717, 1.165) is 32.5 Å². The van der Waals surface area contributed by atoms with E-state index in [9.17, 15) is 0 Å². The molecule has 0 N–H and O–H groups in total. The molecule has 1 nitrogen and oxygen atoms in total. The Morgan fingerprint density at radius 3 is 2.10 bits per heavy atom. The van der Waals surface area contributed by atoms with Crippen molar-refractivity contribution in [1.82, 2.24) is 0 Å². The van der Waals surface area contributed by atoms with Gasteiger partial charge in [0.15, 0.2) is 0 Å². The fraction of sp³-hybridized carbons (Fsp3) is 0. The maximum Gasteiger partial charge on any atom is 0.136 e. The molecule has 0 aliphatic rings. The molecule has 6 aromatic rings. The van der Waals surface area contributed by atoms with Gasteiger partial charge in [0.25, 0.3) is 0 Å². The molecule has 142 valence electrons. The Kier molecular flexibility index (Phi) is 3.90. The topological polar surface area (TPSA) is 13.1 Å². The van der Waals surface area contributed by atoms with Crippen molar-refractivity contribution in [2.75, 3.05) is 0 Å². The quantitative estimate of drug-likeness (QED) is 0.281. The van der Waals surface area contributed by atoms with E-state index < -0.39 is 0 Å². The average molecular weight is 405 g/mol. The van der Waals surface area contributed by atoms with Crippen molar-refractivity contribution in [3.8, 4) is 22.3 Å². The highest BCUT2D eigenvalue weighted by molar-refractivity contribution is 6.31. The number of halogens is 1. The van der Waals surface area contributed by atoms with Crippen molar-refractivity contribution < 1.29 is 4.42 Å². The summed E-state index contributed by atoms with van der Waals surface area (Å²) in [4.78, 5) is 0. The normalized spacial score (nSPS) is 11.5. The molecule has 1 heterocycles. The molecular weight excluding hydrogens is 388 g/mol. The molecule has 0 aliphatic heterocycles. The monoisotopic (exact) mass is 404 g/mol. The summed E-state index contributed by atoms with van der Waals surface area (Å²) >= 11 is 6.20. The first-order chi connectivity index (χ1) is 14.8. The van der Waals surface area contributed by atoms with Crippen molar-refractivity contribution in [3.63, 3.8) is 0 Å². The average Bonchev–Trinajstić information content (AvgIpc) is 3.16. The van der Waals surface area contributed by atoms with Crippen LogP contribution < -0.4 is 0 Å². The van der Waals surface area contributed by atoms with Gasteiger partial charge in [-0.05, 0) is 63.4 Å². The zero-order valence-electron chi connectivity index (χ0n) is 16.1. The zero-order valence-corrected chi connectivity index (χ0v) is 16.9. The van der Waals surface area contributed by atoms with Gasteiger partial charge in [0.1, 0.15) is 11.2 Å². The van der Waals surface area contributed by atoms with E-state index in [4.69, 9.17) is 16.0 Å². The number of rotatable bonds is 2. The van der Waals surface area contributed by atoms with E-state index in [1.54, 1.807) is 0 Å². The van der Waals surface area contributed by atoms with Gasteiger partial charge in [0.05, 0.1) is 0 Å². The standard InChI is InChI=1S/C28H17ClO/c29-21-13-15-26-25(17-21)24-14-12-20(16-27(24)30-26)23-11-5-9-19-8-4-10-22(28(19)23)18-6-2-1-3-7-18/h1-17H. The first-order valence-electron chi connectivity index (χ1n) is 9.97. The van der Waals surface area contributed by atoms with Gasteiger partial charge >= 0.3 is 0 Å². The summed E-state index contributed by atoms with van der Waals surface area (Å²) in [5.41, 5.74) is 6.53. The third-order valence-corrected chi connectivity index (χ3v) is 5.97. The Morgan fingerprint density at radius 1 is 0.533 bits per heavy atom. The molecule has 5 aromatic carbocycles. The van der Waals surface area contributed by atoms with Gasteiger partial charge in [-0.1, -0.05) is 84.4 Å². The van der Waals surface area contributed by atoms with Crippen LogP contribution in [0.4, 0.5) is 0 Å². The molecule has 0 fully saturated rings. The Bertz CT molecular complexity index is 1540. The minimum Gasteiger partial charge on any atom is -0.456 e. The molecule has 0 aliphatic carbocycles. The second-order valence-corrected chi connectivity index (χ2v) is 7.97. The molecule has 0 atom stereocenters. The Labute approximate surface area is 179 Å². The first kappa shape index (κ1) is 17.3. The molecule has 0 amide bonds. The molecule has 0 bridgehead atoms. The lowest BCUT2D eigenvalue weighted by molar-refractivity contribution is 0.669. The fourth-order valence-electron chi connectivity index (χ4n) is 4.36. The van der Waals surface area contributed by atoms with Gasteiger partial charge in [-0.3, -0.25) is 0 Å². The molecule has 6 rings (SSSR count). The SMILES string of the molecule is Clc1ccc2oc3cc(-c4cccc5cccc(-c6ccccc6)c45)ccc3c2c1. The van der Waals surface area contributed by atoms with Crippen LogP contribution in [0.15, 0.2) is 108 Å². The van der Waals surface area contributed by atoms with Gasteiger partial charge in [-0.15, -0.1) is 0 Å². The highest BCUT2D eigenvalue weighted by atomic mass is 35.5. The van der Waals surface area contributed by atoms with Crippen molar-refractivity contribution in [2.24, 2.45) is 0 Å². The van der Waals surface area contributed by atoms with Crippen LogP contribution in [-0.2, 0) is 0 Å². The molecule has 0 radical (unpaired) electrons. The smallest absolute Gasteiger partial charge is 0.136 e. The molecule has 0 saturated carbocycles. The molecule has 2 heteroatoms. The highest BCUT2D eigenvalue weighted by Crippen LogP contribution is 2.39. The van der Waals surface area contributed by atoms with E-state index >= 15 is 0 Å². The van der Waals surface area contributed by atoms with Gasteiger partial charge in [0, 0.05) is 15.8 Å². The Morgan fingerprint density at radius 2 is 1.30 bits per heavy atom. The summed E-state index contributed by atoms with van der Waals surface area (Å²) in [5, 5.41) is 5.33. The number of fused-ring (bicyclic) bond motifs is 4. The number of hydrogen-bond donors (Lipinski definition) is 0. The second-order valence-electron chi connectivity index (χ2n) is 7.53. The van der Waals surface area contributed by atoms with Crippen molar-refractivity contribution >= 4 is 44.3 Å². The summed E-state index contributed by atoms with van der Waals surface area (Å²) in [7, 11) is 0. The first-order valence-corrected chi connectivity index (χ1v) is 10.3.